The number of aromatic nitrogens is 3. The summed E-state index contributed by atoms with van der Waals surface area (Å²) in [5.41, 5.74) is -0.541. The van der Waals surface area contributed by atoms with E-state index in [4.69, 9.17) is 13.9 Å². The van der Waals surface area contributed by atoms with Gasteiger partial charge in [0.2, 0.25) is 5.89 Å². The van der Waals surface area contributed by atoms with Gasteiger partial charge in [-0.2, -0.15) is 0 Å². The number of H-pyrrole nitrogens is 1. The number of aliphatic hydroxyl groups excluding tert-OH is 2. The Hall–Kier alpha value is -4.92. The van der Waals surface area contributed by atoms with Crippen molar-refractivity contribution in [3.63, 3.8) is 0 Å². The zero-order valence-corrected chi connectivity index (χ0v) is 19.2. The molecule has 1 saturated heterocycles. The number of esters is 1. The minimum atomic E-state index is -1.51. The third-order valence-electron chi connectivity index (χ3n) is 5.80. The van der Waals surface area contributed by atoms with E-state index >= 15 is 0 Å². The van der Waals surface area contributed by atoms with Crippen LogP contribution in [-0.2, 0) is 4.74 Å². The van der Waals surface area contributed by atoms with Gasteiger partial charge in [-0.25, -0.2) is 14.6 Å². The molecule has 1 aliphatic heterocycles. The molecule has 194 valence electrons. The van der Waals surface area contributed by atoms with Gasteiger partial charge >= 0.3 is 11.7 Å². The summed E-state index contributed by atoms with van der Waals surface area (Å²) in [5.74, 6) is -0.536. The van der Waals surface area contributed by atoms with Crippen LogP contribution in [0.4, 0.5) is 5.69 Å². The Morgan fingerprint density at radius 3 is 2.42 bits per heavy atom. The predicted molar refractivity (Wildman–Crippen MR) is 126 cm³/mol. The molecule has 1 aliphatic rings. The fourth-order valence-electron chi connectivity index (χ4n) is 3.85. The van der Waals surface area contributed by atoms with Crippen LogP contribution in [0, 0.1) is 10.1 Å². The van der Waals surface area contributed by atoms with Crippen LogP contribution in [-0.4, -0.2) is 47.8 Å². The van der Waals surface area contributed by atoms with Gasteiger partial charge in [-0.1, -0.05) is 0 Å². The van der Waals surface area contributed by atoms with Crippen LogP contribution in [0.25, 0.3) is 11.3 Å². The minimum absolute atomic E-state index is 0.0554. The second kappa shape index (κ2) is 9.85. The molecule has 0 saturated carbocycles. The number of oxazole rings is 1. The van der Waals surface area contributed by atoms with Crippen LogP contribution < -0.4 is 16.0 Å². The zero-order chi connectivity index (χ0) is 27.0. The summed E-state index contributed by atoms with van der Waals surface area (Å²) in [7, 11) is 0. The SMILES string of the molecule is O=C(Oc1ccc(-c2coc([C@H]3O[C@@H](n4ccc(=O)[nH]c4=O)[C@H](O)[C@@H]3O)n2)cc1)c1ccc([N+](=O)[O-])cc1. The Labute approximate surface area is 211 Å². The third kappa shape index (κ3) is 4.73. The predicted octanol–water partition coefficient (Wildman–Crippen LogP) is 1.31. The number of nitro benzene ring substituents is 1. The Morgan fingerprint density at radius 2 is 1.76 bits per heavy atom. The highest BCUT2D eigenvalue weighted by molar-refractivity contribution is 5.91. The zero-order valence-electron chi connectivity index (χ0n) is 19.2. The highest BCUT2D eigenvalue weighted by Gasteiger charge is 2.47. The lowest BCUT2D eigenvalue weighted by Gasteiger charge is -2.16. The molecule has 0 unspecified atom stereocenters. The second-order valence-corrected chi connectivity index (χ2v) is 8.23. The molecule has 1 fully saturated rings. The molecule has 2 aromatic heterocycles. The standard InChI is InChI=1S/C24H18N4O10/c29-17-9-10-27(24(33)26-17)22-19(31)18(30)20(38-22)21-25-16(11-36-21)12-3-7-15(8-4-12)37-23(32)13-1-5-14(6-2-13)28(34)35/h1-11,18-20,22,30-31H,(H,26,29,33)/t18-,19+,20-,22+/m0/s1. The van der Waals surface area contributed by atoms with Crippen LogP contribution in [0.5, 0.6) is 5.75 Å². The Balaban J connectivity index is 1.28. The van der Waals surface area contributed by atoms with Crippen molar-refractivity contribution in [2.45, 2.75) is 24.5 Å². The summed E-state index contributed by atoms with van der Waals surface area (Å²) >= 11 is 0. The number of hydrogen-bond donors (Lipinski definition) is 3. The summed E-state index contributed by atoms with van der Waals surface area (Å²) < 4.78 is 17.3. The van der Waals surface area contributed by atoms with Crippen LogP contribution in [0.3, 0.4) is 0 Å². The van der Waals surface area contributed by atoms with Crippen molar-refractivity contribution in [2.75, 3.05) is 0 Å². The molecule has 3 heterocycles. The van der Waals surface area contributed by atoms with Gasteiger partial charge in [0.25, 0.3) is 11.2 Å². The number of carbonyl (C=O) groups is 1. The number of aromatic amines is 1. The van der Waals surface area contributed by atoms with Crippen molar-refractivity contribution >= 4 is 11.7 Å². The average Bonchev–Trinajstić information content (AvgIpc) is 3.50. The fourth-order valence-corrected chi connectivity index (χ4v) is 3.85. The largest absolute Gasteiger partial charge is 0.445 e. The quantitative estimate of drug-likeness (QED) is 0.143. The number of nitrogens with zero attached hydrogens (tertiary/aromatic N) is 3. The number of hydrogen-bond acceptors (Lipinski definition) is 11. The van der Waals surface area contributed by atoms with E-state index in [1.807, 2.05) is 4.98 Å². The molecule has 0 amide bonds. The molecule has 14 heteroatoms. The molecule has 2 aromatic carbocycles. The lowest BCUT2D eigenvalue weighted by Crippen LogP contribution is -2.37. The average molecular weight is 522 g/mol. The van der Waals surface area contributed by atoms with E-state index in [-0.39, 0.29) is 22.9 Å². The summed E-state index contributed by atoms with van der Waals surface area (Å²) in [5, 5.41) is 31.6. The second-order valence-electron chi connectivity index (χ2n) is 8.23. The van der Waals surface area contributed by atoms with Crippen LogP contribution in [0.15, 0.2) is 81.1 Å². The van der Waals surface area contributed by atoms with Crippen molar-refractivity contribution in [2.24, 2.45) is 0 Å². The maximum atomic E-state index is 12.3. The third-order valence-corrected chi connectivity index (χ3v) is 5.80. The van der Waals surface area contributed by atoms with E-state index in [0.717, 1.165) is 16.8 Å². The van der Waals surface area contributed by atoms with Crippen molar-refractivity contribution < 1.29 is 33.8 Å². The van der Waals surface area contributed by atoms with Crippen molar-refractivity contribution in [1.29, 1.82) is 0 Å². The topological polar surface area (TPSA) is 200 Å². The van der Waals surface area contributed by atoms with Gasteiger partial charge in [0, 0.05) is 30.0 Å². The summed E-state index contributed by atoms with van der Waals surface area (Å²) in [4.78, 5) is 52.2. The Bertz CT molecular complexity index is 1610. The molecule has 0 radical (unpaired) electrons. The highest BCUT2D eigenvalue weighted by atomic mass is 16.6. The molecular formula is C24H18N4O10. The monoisotopic (exact) mass is 522 g/mol. The molecular weight excluding hydrogens is 504 g/mol. The molecule has 0 spiro atoms. The highest BCUT2D eigenvalue weighted by Crippen LogP contribution is 2.38. The smallest absolute Gasteiger partial charge is 0.343 e. The summed E-state index contributed by atoms with van der Waals surface area (Å²) in [6.07, 6.45) is -3.05. The molecule has 5 rings (SSSR count). The maximum Gasteiger partial charge on any atom is 0.343 e. The van der Waals surface area contributed by atoms with Gasteiger partial charge in [0.15, 0.2) is 12.3 Å². The first-order chi connectivity index (χ1) is 18.2. The minimum Gasteiger partial charge on any atom is -0.445 e. The van der Waals surface area contributed by atoms with E-state index in [2.05, 4.69) is 4.98 Å². The van der Waals surface area contributed by atoms with E-state index in [1.165, 1.54) is 42.7 Å². The van der Waals surface area contributed by atoms with Gasteiger partial charge in [-0.05, 0) is 36.4 Å². The number of non-ortho nitro benzene ring substituents is 1. The van der Waals surface area contributed by atoms with Gasteiger partial charge in [0.1, 0.15) is 29.9 Å². The van der Waals surface area contributed by atoms with Crippen LogP contribution in [0.2, 0.25) is 0 Å². The molecule has 0 aliphatic carbocycles. The summed E-state index contributed by atoms with van der Waals surface area (Å²) in [6, 6.07) is 12.3. The van der Waals surface area contributed by atoms with Gasteiger partial charge in [0.05, 0.1) is 10.5 Å². The summed E-state index contributed by atoms with van der Waals surface area (Å²) in [6.45, 7) is 0. The molecule has 4 atom stereocenters. The first kappa shape index (κ1) is 24.8. The number of aliphatic hydroxyl groups is 2. The number of ether oxygens (including phenoxy) is 2. The number of carbonyl (C=O) groups excluding carboxylic acids is 1. The maximum absolute atomic E-state index is 12.3. The van der Waals surface area contributed by atoms with Crippen LogP contribution in [0.1, 0.15) is 28.6 Å². The van der Waals surface area contributed by atoms with E-state index in [9.17, 15) is 34.7 Å². The number of rotatable bonds is 6. The van der Waals surface area contributed by atoms with Gasteiger partial charge < -0.3 is 24.1 Å². The van der Waals surface area contributed by atoms with E-state index < -0.39 is 46.7 Å². The van der Waals surface area contributed by atoms with Gasteiger partial charge in [-0.3, -0.25) is 24.5 Å². The first-order valence-electron chi connectivity index (χ1n) is 11.1. The van der Waals surface area contributed by atoms with E-state index in [1.54, 1.807) is 12.1 Å². The molecule has 0 bridgehead atoms. The lowest BCUT2D eigenvalue weighted by atomic mass is 10.1. The van der Waals surface area contributed by atoms with Crippen molar-refractivity contribution in [3.05, 3.63) is 109 Å². The molecule has 4 aromatic rings. The number of benzene rings is 2. The molecule has 3 N–H and O–H groups in total. The van der Waals surface area contributed by atoms with Crippen molar-refractivity contribution in [1.82, 2.24) is 14.5 Å². The van der Waals surface area contributed by atoms with E-state index in [0.29, 0.717) is 11.3 Å². The number of nitrogens with one attached hydrogen (secondary N) is 1. The van der Waals surface area contributed by atoms with Gasteiger partial charge in [-0.15, -0.1) is 0 Å². The fraction of sp³-hybridized carbons (Fsp3) is 0.167. The lowest BCUT2D eigenvalue weighted by molar-refractivity contribution is -0.384. The van der Waals surface area contributed by atoms with Crippen LogP contribution >= 0.6 is 0 Å². The normalized spacial score (nSPS) is 20.8. The first-order valence-corrected chi connectivity index (χ1v) is 11.1. The Kier molecular flexibility index (Phi) is 6.42. The molecule has 38 heavy (non-hydrogen) atoms. The Morgan fingerprint density at radius 1 is 1.05 bits per heavy atom. The molecule has 14 nitrogen and oxygen atoms in total. The number of nitro groups is 1. The van der Waals surface area contributed by atoms with Crippen molar-refractivity contribution in [3.8, 4) is 17.0 Å².